The number of rotatable bonds is 6. The normalized spacial score (nSPS) is 12.3. The number of furan rings is 1. The predicted molar refractivity (Wildman–Crippen MR) is 77.5 cm³/mol. The molecule has 21 heavy (non-hydrogen) atoms. The van der Waals surface area contributed by atoms with E-state index in [1.807, 2.05) is 13.0 Å². The quantitative estimate of drug-likeness (QED) is 0.644. The first kappa shape index (κ1) is 15.2. The van der Waals surface area contributed by atoms with Gasteiger partial charge in [-0.25, -0.2) is 0 Å². The average molecular weight is 292 g/mol. The minimum Gasteiger partial charge on any atom is -0.459 e. The lowest BCUT2D eigenvalue weighted by Crippen LogP contribution is -2.18. The first-order chi connectivity index (χ1) is 10.0. The second-order valence-electron chi connectivity index (χ2n) is 4.80. The van der Waals surface area contributed by atoms with Crippen molar-refractivity contribution < 1.29 is 13.7 Å². The maximum Gasteiger partial charge on any atom is 0.304 e. The van der Waals surface area contributed by atoms with Crippen LogP contribution in [0.5, 0.6) is 0 Å². The monoisotopic (exact) mass is 292 g/mol. The molecule has 0 radical (unpaired) electrons. The van der Waals surface area contributed by atoms with Crippen molar-refractivity contribution in [3.05, 3.63) is 52.0 Å². The van der Waals surface area contributed by atoms with Gasteiger partial charge in [0.2, 0.25) is 5.82 Å². The van der Waals surface area contributed by atoms with Crippen LogP contribution in [-0.4, -0.2) is 11.5 Å². The van der Waals surface area contributed by atoms with Gasteiger partial charge in [-0.05, 0) is 44.2 Å². The Morgan fingerprint density at radius 2 is 2.14 bits per heavy atom. The number of benzene rings is 1. The Morgan fingerprint density at radius 3 is 2.76 bits per heavy atom. The first-order valence-corrected chi connectivity index (χ1v) is 6.80. The van der Waals surface area contributed by atoms with Gasteiger partial charge in [-0.1, -0.05) is 6.92 Å². The summed E-state index contributed by atoms with van der Waals surface area (Å²) in [4.78, 5) is 9.85. The van der Waals surface area contributed by atoms with Gasteiger partial charge in [-0.3, -0.25) is 10.1 Å². The Morgan fingerprint density at radius 1 is 1.38 bits per heavy atom. The Labute approximate surface area is 121 Å². The molecule has 1 heterocycles. The molecule has 5 nitrogen and oxygen atoms in total. The lowest BCUT2D eigenvalue weighted by Gasteiger charge is -2.09. The van der Waals surface area contributed by atoms with E-state index in [2.05, 4.69) is 12.2 Å². The Hall–Kier alpha value is -2.21. The number of halogens is 1. The first-order valence-electron chi connectivity index (χ1n) is 6.80. The van der Waals surface area contributed by atoms with Crippen LogP contribution in [0.1, 0.15) is 32.1 Å². The number of nitro groups is 1. The summed E-state index contributed by atoms with van der Waals surface area (Å²) in [6, 6.07) is 7.36. The largest absolute Gasteiger partial charge is 0.459 e. The minimum atomic E-state index is -0.868. The maximum atomic E-state index is 13.6. The van der Waals surface area contributed by atoms with Crippen molar-refractivity contribution in [1.29, 1.82) is 0 Å². The summed E-state index contributed by atoms with van der Waals surface area (Å²) in [5.41, 5.74) is -0.0597. The van der Waals surface area contributed by atoms with Gasteiger partial charge in [0.05, 0.1) is 11.0 Å². The van der Waals surface area contributed by atoms with Gasteiger partial charge in [-0.2, -0.15) is 4.39 Å². The summed E-state index contributed by atoms with van der Waals surface area (Å²) >= 11 is 0. The Kier molecular flexibility index (Phi) is 4.70. The van der Waals surface area contributed by atoms with Gasteiger partial charge >= 0.3 is 5.69 Å². The highest BCUT2D eigenvalue weighted by Gasteiger charge is 2.16. The van der Waals surface area contributed by atoms with E-state index >= 15 is 0 Å². The molecule has 2 aromatic rings. The van der Waals surface area contributed by atoms with Crippen molar-refractivity contribution in [2.24, 2.45) is 0 Å². The van der Waals surface area contributed by atoms with E-state index in [0.29, 0.717) is 11.3 Å². The van der Waals surface area contributed by atoms with Crippen LogP contribution >= 0.6 is 0 Å². The number of nitro benzene ring substituents is 1. The van der Waals surface area contributed by atoms with E-state index < -0.39 is 16.4 Å². The zero-order chi connectivity index (χ0) is 15.4. The van der Waals surface area contributed by atoms with Gasteiger partial charge in [0, 0.05) is 11.6 Å². The zero-order valence-electron chi connectivity index (χ0n) is 11.9. The second kappa shape index (κ2) is 6.49. The number of nitrogens with one attached hydrogen (secondary N) is 1. The summed E-state index contributed by atoms with van der Waals surface area (Å²) in [6.45, 7) is 4.94. The topological polar surface area (TPSA) is 68.3 Å². The van der Waals surface area contributed by atoms with Gasteiger partial charge in [-0.15, -0.1) is 0 Å². The third-order valence-corrected chi connectivity index (χ3v) is 3.18. The van der Waals surface area contributed by atoms with Gasteiger partial charge in [0.15, 0.2) is 0 Å². The van der Waals surface area contributed by atoms with Crippen LogP contribution in [0, 0.1) is 15.9 Å². The van der Waals surface area contributed by atoms with E-state index in [4.69, 9.17) is 4.42 Å². The molecule has 6 heteroatoms. The summed E-state index contributed by atoms with van der Waals surface area (Å²) in [6.07, 6.45) is 1.02. The molecule has 0 saturated heterocycles. The highest BCUT2D eigenvalue weighted by molar-refractivity contribution is 5.60. The number of hydrogen-bond acceptors (Lipinski definition) is 4. The van der Waals surface area contributed by atoms with Crippen molar-refractivity contribution in [1.82, 2.24) is 5.32 Å². The van der Waals surface area contributed by atoms with Crippen LogP contribution < -0.4 is 5.32 Å². The van der Waals surface area contributed by atoms with Gasteiger partial charge < -0.3 is 9.73 Å². The smallest absolute Gasteiger partial charge is 0.304 e. The number of nitrogens with zero attached hydrogens (tertiary/aromatic N) is 1. The summed E-state index contributed by atoms with van der Waals surface area (Å²) in [5, 5.41) is 13.9. The maximum absolute atomic E-state index is 13.6. The van der Waals surface area contributed by atoms with Crippen LogP contribution in [0.15, 0.2) is 34.7 Å². The van der Waals surface area contributed by atoms with Crippen molar-refractivity contribution in [2.75, 3.05) is 6.54 Å². The molecular weight excluding hydrogens is 275 g/mol. The van der Waals surface area contributed by atoms with Crippen molar-refractivity contribution in [2.45, 2.75) is 26.3 Å². The van der Waals surface area contributed by atoms with Crippen LogP contribution in [-0.2, 0) is 0 Å². The Balaban J connectivity index is 2.21. The van der Waals surface area contributed by atoms with Gasteiger partial charge in [0.25, 0.3) is 0 Å². The molecule has 1 unspecified atom stereocenters. The van der Waals surface area contributed by atoms with Crippen LogP contribution in [0.3, 0.4) is 0 Å². The molecule has 0 bridgehead atoms. The lowest BCUT2D eigenvalue weighted by atomic mass is 10.1. The van der Waals surface area contributed by atoms with Gasteiger partial charge in [0.1, 0.15) is 11.5 Å². The van der Waals surface area contributed by atoms with Crippen LogP contribution in [0.2, 0.25) is 0 Å². The molecule has 1 aromatic carbocycles. The van der Waals surface area contributed by atoms with Crippen molar-refractivity contribution >= 4 is 5.69 Å². The third-order valence-electron chi connectivity index (χ3n) is 3.18. The molecule has 0 saturated carbocycles. The molecule has 0 fully saturated rings. The molecule has 2 rings (SSSR count). The minimum absolute atomic E-state index is 0.0570. The molecule has 1 aromatic heterocycles. The average Bonchev–Trinajstić information content (AvgIpc) is 2.94. The summed E-state index contributed by atoms with van der Waals surface area (Å²) in [5.74, 6) is 0.369. The summed E-state index contributed by atoms with van der Waals surface area (Å²) in [7, 11) is 0. The van der Waals surface area contributed by atoms with Crippen molar-refractivity contribution in [3.8, 4) is 11.3 Å². The van der Waals surface area contributed by atoms with Crippen LogP contribution in [0.4, 0.5) is 10.1 Å². The fourth-order valence-corrected chi connectivity index (χ4v) is 2.01. The lowest BCUT2D eigenvalue weighted by molar-refractivity contribution is -0.387. The predicted octanol–water partition coefficient (Wildman–Crippen LogP) is 4.05. The summed E-state index contributed by atoms with van der Waals surface area (Å²) < 4.78 is 19.3. The van der Waals surface area contributed by atoms with E-state index in [0.717, 1.165) is 30.9 Å². The second-order valence-corrected chi connectivity index (χ2v) is 4.80. The fraction of sp³-hybridized carbons (Fsp3) is 0.333. The molecule has 1 N–H and O–H groups in total. The zero-order valence-corrected chi connectivity index (χ0v) is 11.9. The molecule has 0 aliphatic rings. The molecule has 0 amide bonds. The fourth-order valence-electron chi connectivity index (χ4n) is 2.01. The van der Waals surface area contributed by atoms with E-state index in [1.165, 1.54) is 6.07 Å². The molecule has 0 aliphatic carbocycles. The standard InChI is InChI=1S/C15H17FN2O3/c1-3-8-17-10(2)14-6-7-15(21-14)11-4-5-13(18(19)20)12(16)9-11/h4-7,9-10,17H,3,8H2,1-2H3. The molecule has 112 valence electrons. The number of hydrogen-bond donors (Lipinski definition) is 1. The molecule has 0 aliphatic heterocycles. The van der Waals surface area contributed by atoms with Crippen LogP contribution in [0.25, 0.3) is 11.3 Å². The highest BCUT2D eigenvalue weighted by Crippen LogP contribution is 2.28. The van der Waals surface area contributed by atoms with Crippen molar-refractivity contribution in [3.63, 3.8) is 0 Å². The van der Waals surface area contributed by atoms with E-state index in [1.54, 1.807) is 6.07 Å². The molecule has 1 atom stereocenters. The van der Waals surface area contributed by atoms with E-state index in [-0.39, 0.29) is 6.04 Å². The molecule has 0 spiro atoms. The molecular formula is C15H17FN2O3. The Bertz CT molecular complexity index is 640. The highest BCUT2D eigenvalue weighted by atomic mass is 19.1. The third kappa shape index (κ3) is 3.46. The van der Waals surface area contributed by atoms with E-state index in [9.17, 15) is 14.5 Å². The SMILES string of the molecule is CCCNC(C)c1ccc(-c2ccc([N+](=O)[O-])c(F)c2)o1.